The first-order valence-electron chi connectivity index (χ1n) is 6.76. The highest BCUT2D eigenvalue weighted by Gasteiger charge is 2.17. The molecule has 1 atom stereocenters. The number of aryl methyl sites for hydroxylation is 2. The van der Waals surface area contributed by atoms with Gasteiger partial charge in [0.2, 0.25) is 5.88 Å². The predicted octanol–water partition coefficient (Wildman–Crippen LogP) is 3.33. The molecule has 0 aliphatic carbocycles. The van der Waals surface area contributed by atoms with E-state index in [1.165, 1.54) is 4.88 Å². The van der Waals surface area contributed by atoms with Crippen LogP contribution in [0.25, 0.3) is 4.96 Å². The molecule has 3 heterocycles. The van der Waals surface area contributed by atoms with Gasteiger partial charge in [0.05, 0.1) is 17.8 Å². The normalized spacial score (nSPS) is 13.0. The summed E-state index contributed by atoms with van der Waals surface area (Å²) in [6.45, 7) is 6.98. The average molecular weight is 322 g/mol. The minimum Gasteiger partial charge on any atom is -0.480 e. The van der Waals surface area contributed by atoms with Crippen LogP contribution in [0, 0.1) is 13.8 Å². The summed E-state index contributed by atoms with van der Waals surface area (Å²) in [5.74, 6) is 0.693. The van der Waals surface area contributed by atoms with E-state index < -0.39 is 0 Å². The van der Waals surface area contributed by atoms with Crippen molar-refractivity contribution in [3.8, 4) is 5.88 Å². The first kappa shape index (κ1) is 14.5. The molecular weight excluding hydrogens is 304 g/mol. The standard InChI is InChI=1S/C14H18N4OS2/c1-8(12-9(2)16-10(3)21-12)15-7-11-13(19-4)17-14-18(11)5-6-20-14/h5-6,8,15H,7H2,1-4H3. The number of fused-ring (bicyclic) bond motifs is 1. The Morgan fingerprint density at radius 3 is 2.86 bits per heavy atom. The fourth-order valence-corrected chi connectivity index (χ4v) is 4.11. The lowest BCUT2D eigenvalue weighted by Crippen LogP contribution is -2.19. The molecule has 0 amide bonds. The largest absolute Gasteiger partial charge is 0.480 e. The Kier molecular flexibility index (Phi) is 3.97. The molecule has 0 aliphatic heterocycles. The molecular formula is C14H18N4OS2. The van der Waals surface area contributed by atoms with Crippen molar-refractivity contribution in [3.05, 3.63) is 32.8 Å². The maximum absolute atomic E-state index is 5.38. The minimum atomic E-state index is 0.255. The van der Waals surface area contributed by atoms with Crippen LogP contribution in [0.1, 0.15) is 34.2 Å². The molecule has 0 saturated carbocycles. The van der Waals surface area contributed by atoms with E-state index in [4.69, 9.17) is 4.74 Å². The van der Waals surface area contributed by atoms with Gasteiger partial charge in [-0.25, -0.2) is 4.98 Å². The quantitative estimate of drug-likeness (QED) is 0.783. The van der Waals surface area contributed by atoms with Crippen molar-refractivity contribution in [1.29, 1.82) is 0 Å². The summed E-state index contributed by atoms with van der Waals surface area (Å²) in [7, 11) is 1.66. The van der Waals surface area contributed by atoms with Crippen LogP contribution in [0.4, 0.5) is 0 Å². The molecule has 0 aliphatic rings. The molecule has 3 rings (SSSR count). The monoisotopic (exact) mass is 322 g/mol. The van der Waals surface area contributed by atoms with Crippen LogP contribution in [-0.4, -0.2) is 21.5 Å². The Morgan fingerprint density at radius 1 is 1.38 bits per heavy atom. The van der Waals surface area contributed by atoms with Gasteiger partial charge >= 0.3 is 0 Å². The van der Waals surface area contributed by atoms with Crippen molar-refractivity contribution in [2.75, 3.05) is 7.11 Å². The Balaban J connectivity index is 1.79. The first-order valence-corrected chi connectivity index (χ1v) is 8.45. The third kappa shape index (κ3) is 2.68. The Labute approximate surface area is 131 Å². The van der Waals surface area contributed by atoms with Gasteiger partial charge in [0.25, 0.3) is 0 Å². The number of nitrogens with one attached hydrogen (secondary N) is 1. The molecule has 5 nitrogen and oxygen atoms in total. The summed E-state index contributed by atoms with van der Waals surface area (Å²) in [6, 6.07) is 0.255. The first-order chi connectivity index (χ1) is 10.1. The zero-order valence-electron chi connectivity index (χ0n) is 12.5. The number of aromatic nitrogens is 3. The van der Waals surface area contributed by atoms with Crippen molar-refractivity contribution >= 4 is 27.6 Å². The number of rotatable bonds is 5. The lowest BCUT2D eigenvalue weighted by molar-refractivity contribution is 0.391. The van der Waals surface area contributed by atoms with Crippen molar-refractivity contribution < 1.29 is 4.74 Å². The molecule has 0 radical (unpaired) electrons. The number of imidazole rings is 1. The van der Waals surface area contributed by atoms with E-state index in [1.54, 1.807) is 29.8 Å². The van der Waals surface area contributed by atoms with E-state index in [1.807, 2.05) is 18.5 Å². The van der Waals surface area contributed by atoms with Crippen molar-refractivity contribution in [2.45, 2.75) is 33.4 Å². The van der Waals surface area contributed by atoms with Crippen LogP contribution in [0.3, 0.4) is 0 Å². The van der Waals surface area contributed by atoms with E-state index in [2.05, 4.69) is 33.5 Å². The maximum Gasteiger partial charge on any atom is 0.237 e. The lowest BCUT2D eigenvalue weighted by atomic mass is 10.2. The number of nitrogens with zero attached hydrogens (tertiary/aromatic N) is 3. The van der Waals surface area contributed by atoms with Crippen molar-refractivity contribution in [2.24, 2.45) is 0 Å². The summed E-state index contributed by atoms with van der Waals surface area (Å²) < 4.78 is 7.46. The van der Waals surface area contributed by atoms with Gasteiger partial charge in [-0.15, -0.1) is 22.7 Å². The van der Waals surface area contributed by atoms with Crippen LogP contribution in [0.2, 0.25) is 0 Å². The van der Waals surface area contributed by atoms with E-state index >= 15 is 0 Å². The molecule has 1 N–H and O–H groups in total. The van der Waals surface area contributed by atoms with Gasteiger partial charge < -0.3 is 10.1 Å². The van der Waals surface area contributed by atoms with Gasteiger partial charge in [0.15, 0.2) is 4.96 Å². The van der Waals surface area contributed by atoms with E-state index in [0.717, 1.165) is 21.4 Å². The molecule has 3 aromatic rings. The minimum absolute atomic E-state index is 0.255. The van der Waals surface area contributed by atoms with E-state index in [-0.39, 0.29) is 6.04 Å². The molecule has 3 aromatic heterocycles. The second-order valence-electron chi connectivity index (χ2n) is 4.91. The van der Waals surface area contributed by atoms with Gasteiger partial charge in [-0.3, -0.25) is 4.40 Å². The number of hydrogen-bond acceptors (Lipinski definition) is 6. The van der Waals surface area contributed by atoms with Crippen LogP contribution in [0.15, 0.2) is 11.6 Å². The number of methoxy groups -OCH3 is 1. The zero-order chi connectivity index (χ0) is 15.0. The van der Waals surface area contributed by atoms with Gasteiger partial charge in [-0.05, 0) is 20.8 Å². The SMILES string of the molecule is COc1nc2sccn2c1CNC(C)c1sc(C)nc1C. The summed E-state index contributed by atoms with van der Waals surface area (Å²) in [6.07, 6.45) is 2.03. The van der Waals surface area contributed by atoms with E-state index in [9.17, 15) is 0 Å². The number of thiazole rings is 2. The summed E-state index contributed by atoms with van der Waals surface area (Å²) in [4.78, 5) is 11.2. The maximum atomic E-state index is 5.38. The summed E-state index contributed by atoms with van der Waals surface area (Å²) in [5.41, 5.74) is 2.16. The molecule has 112 valence electrons. The predicted molar refractivity (Wildman–Crippen MR) is 86.5 cm³/mol. The van der Waals surface area contributed by atoms with Crippen molar-refractivity contribution in [1.82, 2.24) is 19.7 Å². The van der Waals surface area contributed by atoms with E-state index in [0.29, 0.717) is 12.4 Å². The second-order valence-corrected chi connectivity index (χ2v) is 7.02. The summed E-state index contributed by atoms with van der Waals surface area (Å²) >= 11 is 3.36. The van der Waals surface area contributed by atoms with Crippen LogP contribution < -0.4 is 10.1 Å². The van der Waals surface area contributed by atoms with Gasteiger partial charge in [-0.2, -0.15) is 4.98 Å². The molecule has 21 heavy (non-hydrogen) atoms. The van der Waals surface area contributed by atoms with Gasteiger partial charge in [0, 0.05) is 29.0 Å². The molecule has 0 aromatic carbocycles. The molecule has 1 unspecified atom stereocenters. The molecule has 0 fully saturated rings. The zero-order valence-corrected chi connectivity index (χ0v) is 14.1. The van der Waals surface area contributed by atoms with Gasteiger partial charge in [0.1, 0.15) is 5.69 Å². The Morgan fingerprint density at radius 2 is 2.19 bits per heavy atom. The molecule has 0 saturated heterocycles. The third-order valence-corrected chi connectivity index (χ3v) is 5.44. The lowest BCUT2D eigenvalue weighted by Gasteiger charge is -2.13. The smallest absolute Gasteiger partial charge is 0.237 e. The Hall–Kier alpha value is -1.44. The molecule has 7 heteroatoms. The third-order valence-electron chi connectivity index (χ3n) is 3.43. The number of ether oxygens (including phenoxy) is 1. The van der Waals surface area contributed by atoms with Crippen LogP contribution in [-0.2, 0) is 6.54 Å². The van der Waals surface area contributed by atoms with Gasteiger partial charge in [-0.1, -0.05) is 0 Å². The fraction of sp³-hybridized carbons (Fsp3) is 0.429. The Bertz CT molecular complexity index is 758. The highest BCUT2D eigenvalue weighted by Crippen LogP contribution is 2.27. The average Bonchev–Trinajstić information content (AvgIpc) is 3.10. The second kappa shape index (κ2) is 5.75. The highest BCUT2D eigenvalue weighted by atomic mass is 32.1. The van der Waals surface area contributed by atoms with Crippen LogP contribution in [0.5, 0.6) is 5.88 Å². The topological polar surface area (TPSA) is 51.5 Å². The fourth-order valence-electron chi connectivity index (χ4n) is 2.43. The highest BCUT2D eigenvalue weighted by molar-refractivity contribution is 7.15. The summed E-state index contributed by atoms with van der Waals surface area (Å²) in [5, 5.41) is 6.69. The molecule has 0 bridgehead atoms. The number of hydrogen-bond donors (Lipinski definition) is 1. The van der Waals surface area contributed by atoms with Crippen molar-refractivity contribution in [3.63, 3.8) is 0 Å². The van der Waals surface area contributed by atoms with Crippen LogP contribution >= 0.6 is 22.7 Å². The molecule has 0 spiro atoms.